The third-order valence-electron chi connectivity index (χ3n) is 4.43. The number of rotatable bonds is 5. The quantitative estimate of drug-likeness (QED) is 0.831. The van der Waals surface area contributed by atoms with Crippen LogP contribution in [0, 0.1) is 0 Å². The van der Waals surface area contributed by atoms with Gasteiger partial charge in [-0.3, -0.25) is 4.79 Å². The number of carbonyl (C=O) groups is 1. The van der Waals surface area contributed by atoms with E-state index >= 15 is 0 Å². The van der Waals surface area contributed by atoms with Crippen LogP contribution in [0.4, 0.5) is 11.4 Å². The minimum atomic E-state index is -0.0983. The summed E-state index contributed by atoms with van der Waals surface area (Å²) >= 11 is 1.72. The number of piperazine rings is 1. The van der Waals surface area contributed by atoms with Gasteiger partial charge in [-0.15, -0.1) is 11.3 Å². The predicted molar refractivity (Wildman–Crippen MR) is 108 cm³/mol. The Morgan fingerprint density at radius 1 is 1.12 bits per heavy atom. The van der Waals surface area contributed by atoms with Crippen LogP contribution in [0.15, 0.2) is 42.5 Å². The molecule has 1 aliphatic heterocycles. The summed E-state index contributed by atoms with van der Waals surface area (Å²) < 4.78 is 0. The summed E-state index contributed by atoms with van der Waals surface area (Å²) in [5.74, 6) is -0.0983. The number of benzene rings is 1. The minimum Gasteiger partial charge on any atom is -0.369 e. The van der Waals surface area contributed by atoms with Crippen molar-refractivity contribution in [2.24, 2.45) is 0 Å². The topological polar surface area (TPSA) is 35.6 Å². The zero-order valence-corrected chi connectivity index (χ0v) is 15.7. The molecule has 25 heavy (non-hydrogen) atoms. The zero-order valence-electron chi connectivity index (χ0n) is 14.9. The SMILES string of the molecule is CCc1ccc(C=CC(=O)Nc2ccc(N3CCN(C)CC3)cc2)s1. The molecule has 0 spiro atoms. The highest BCUT2D eigenvalue weighted by Crippen LogP contribution is 2.20. The van der Waals surface area contributed by atoms with Gasteiger partial charge in [0.2, 0.25) is 5.91 Å². The maximum absolute atomic E-state index is 12.1. The molecule has 1 aliphatic rings. The first kappa shape index (κ1) is 17.7. The molecule has 0 aliphatic carbocycles. The van der Waals surface area contributed by atoms with Crippen LogP contribution in [-0.4, -0.2) is 44.0 Å². The van der Waals surface area contributed by atoms with Gasteiger partial charge in [-0.1, -0.05) is 6.92 Å². The average Bonchev–Trinajstić information content (AvgIpc) is 3.10. The Kier molecular flexibility index (Phi) is 5.89. The largest absolute Gasteiger partial charge is 0.369 e. The second kappa shape index (κ2) is 8.32. The van der Waals surface area contributed by atoms with Crippen molar-refractivity contribution >= 4 is 34.7 Å². The Balaban J connectivity index is 1.54. The van der Waals surface area contributed by atoms with E-state index in [0.29, 0.717) is 0 Å². The average molecular weight is 356 g/mol. The first-order valence-corrected chi connectivity index (χ1v) is 9.57. The molecule has 0 saturated carbocycles. The number of carbonyl (C=O) groups excluding carboxylic acids is 1. The van der Waals surface area contributed by atoms with E-state index in [9.17, 15) is 4.79 Å². The molecular weight excluding hydrogens is 330 g/mol. The van der Waals surface area contributed by atoms with Crippen molar-refractivity contribution in [3.05, 3.63) is 52.2 Å². The summed E-state index contributed by atoms with van der Waals surface area (Å²) in [6.07, 6.45) is 4.50. The molecule has 0 bridgehead atoms. The van der Waals surface area contributed by atoms with E-state index in [1.807, 2.05) is 18.2 Å². The van der Waals surface area contributed by atoms with Crippen LogP contribution in [-0.2, 0) is 11.2 Å². The standard InChI is InChI=1S/C20H25N3OS/c1-3-18-8-9-19(25-18)10-11-20(24)21-16-4-6-17(7-5-16)23-14-12-22(2)13-15-23/h4-11H,3,12-15H2,1-2H3,(H,21,24). The van der Waals surface area contributed by atoms with Crippen LogP contribution in [0.3, 0.4) is 0 Å². The molecule has 0 unspecified atom stereocenters. The first-order chi connectivity index (χ1) is 12.1. The van der Waals surface area contributed by atoms with Gasteiger partial charge in [-0.05, 0) is 55.9 Å². The van der Waals surface area contributed by atoms with Crippen molar-refractivity contribution in [1.29, 1.82) is 0 Å². The number of amides is 1. The third kappa shape index (κ3) is 4.94. The highest BCUT2D eigenvalue weighted by molar-refractivity contribution is 7.12. The van der Waals surface area contributed by atoms with E-state index in [-0.39, 0.29) is 5.91 Å². The van der Waals surface area contributed by atoms with Gasteiger partial charge in [0.15, 0.2) is 0 Å². The number of hydrogen-bond donors (Lipinski definition) is 1. The molecule has 2 heterocycles. The van der Waals surface area contributed by atoms with Crippen LogP contribution in [0.25, 0.3) is 6.08 Å². The van der Waals surface area contributed by atoms with Gasteiger partial charge in [0, 0.05) is 53.4 Å². The molecule has 1 fully saturated rings. The Morgan fingerprint density at radius 3 is 2.48 bits per heavy atom. The molecule has 5 heteroatoms. The van der Waals surface area contributed by atoms with Crippen molar-refractivity contribution in [1.82, 2.24) is 4.90 Å². The molecule has 1 saturated heterocycles. The van der Waals surface area contributed by atoms with Gasteiger partial charge < -0.3 is 15.1 Å². The van der Waals surface area contributed by atoms with Gasteiger partial charge in [-0.2, -0.15) is 0 Å². The van der Waals surface area contributed by atoms with Crippen molar-refractivity contribution < 1.29 is 4.79 Å². The van der Waals surface area contributed by atoms with E-state index in [0.717, 1.165) is 43.2 Å². The lowest BCUT2D eigenvalue weighted by Crippen LogP contribution is -2.44. The molecule has 1 N–H and O–H groups in total. The van der Waals surface area contributed by atoms with Crippen molar-refractivity contribution in [3.63, 3.8) is 0 Å². The zero-order chi connectivity index (χ0) is 17.6. The fourth-order valence-electron chi connectivity index (χ4n) is 2.84. The first-order valence-electron chi connectivity index (χ1n) is 8.75. The molecule has 0 atom stereocenters. The number of aryl methyl sites for hydroxylation is 1. The van der Waals surface area contributed by atoms with Gasteiger partial charge in [0.1, 0.15) is 0 Å². The van der Waals surface area contributed by atoms with Crippen LogP contribution < -0.4 is 10.2 Å². The predicted octanol–water partition coefficient (Wildman–Crippen LogP) is 3.71. The van der Waals surface area contributed by atoms with E-state index in [4.69, 9.17) is 0 Å². The van der Waals surface area contributed by atoms with Gasteiger partial charge in [0.05, 0.1) is 0 Å². The molecule has 3 rings (SSSR count). The Hall–Kier alpha value is -2.11. The number of anilines is 2. The Labute approximate surface area is 153 Å². The molecule has 2 aromatic rings. The molecule has 4 nitrogen and oxygen atoms in total. The number of nitrogens with zero attached hydrogens (tertiary/aromatic N) is 2. The van der Waals surface area contributed by atoms with Crippen LogP contribution in [0.1, 0.15) is 16.7 Å². The molecule has 1 aromatic heterocycles. The number of nitrogens with one attached hydrogen (secondary N) is 1. The van der Waals surface area contributed by atoms with E-state index in [1.165, 1.54) is 10.6 Å². The minimum absolute atomic E-state index is 0.0983. The summed E-state index contributed by atoms with van der Waals surface area (Å²) in [5, 5.41) is 2.92. The second-order valence-electron chi connectivity index (χ2n) is 6.32. The normalized spacial score (nSPS) is 15.7. The molecule has 1 aromatic carbocycles. The monoisotopic (exact) mass is 355 g/mol. The maximum atomic E-state index is 12.1. The lowest BCUT2D eigenvalue weighted by atomic mass is 10.2. The lowest BCUT2D eigenvalue weighted by molar-refractivity contribution is -0.111. The maximum Gasteiger partial charge on any atom is 0.248 e. The highest BCUT2D eigenvalue weighted by atomic mass is 32.1. The summed E-state index contributed by atoms with van der Waals surface area (Å²) in [6, 6.07) is 12.3. The number of hydrogen-bond acceptors (Lipinski definition) is 4. The van der Waals surface area contributed by atoms with Crippen molar-refractivity contribution in [2.45, 2.75) is 13.3 Å². The fraction of sp³-hybridized carbons (Fsp3) is 0.350. The molecule has 0 radical (unpaired) electrons. The summed E-state index contributed by atoms with van der Waals surface area (Å²) in [4.78, 5) is 19.2. The summed E-state index contributed by atoms with van der Waals surface area (Å²) in [5.41, 5.74) is 2.04. The fourth-order valence-corrected chi connectivity index (χ4v) is 3.69. The summed E-state index contributed by atoms with van der Waals surface area (Å²) in [7, 11) is 2.16. The highest BCUT2D eigenvalue weighted by Gasteiger charge is 2.13. The number of likely N-dealkylation sites (N-methyl/N-ethyl adjacent to an activating group) is 1. The molecular formula is C20H25N3OS. The van der Waals surface area contributed by atoms with E-state index in [2.05, 4.69) is 53.4 Å². The van der Waals surface area contributed by atoms with Gasteiger partial charge >= 0.3 is 0 Å². The van der Waals surface area contributed by atoms with E-state index < -0.39 is 0 Å². The molecule has 1 amide bonds. The number of thiophene rings is 1. The van der Waals surface area contributed by atoms with E-state index in [1.54, 1.807) is 17.4 Å². The van der Waals surface area contributed by atoms with Crippen LogP contribution in [0.5, 0.6) is 0 Å². The Morgan fingerprint density at radius 2 is 1.84 bits per heavy atom. The van der Waals surface area contributed by atoms with Gasteiger partial charge in [-0.25, -0.2) is 0 Å². The van der Waals surface area contributed by atoms with Crippen molar-refractivity contribution in [3.8, 4) is 0 Å². The second-order valence-corrected chi connectivity index (χ2v) is 7.52. The van der Waals surface area contributed by atoms with Crippen LogP contribution >= 0.6 is 11.3 Å². The molecule has 132 valence electrons. The smallest absolute Gasteiger partial charge is 0.248 e. The van der Waals surface area contributed by atoms with Gasteiger partial charge in [0.25, 0.3) is 0 Å². The lowest BCUT2D eigenvalue weighted by Gasteiger charge is -2.34. The van der Waals surface area contributed by atoms with Crippen molar-refractivity contribution in [2.75, 3.05) is 43.4 Å². The van der Waals surface area contributed by atoms with Crippen LogP contribution in [0.2, 0.25) is 0 Å². The third-order valence-corrected chi connectivity index (χ3v) is 5.63. The summed E-state index contributed by atoms with van der Waals surface area (Å²) in [6.45, 7) is 6.41. The Bertz CT molecular complexity index is 728.